The summed E-state index contributed by atoms with van der Waals surface area (Å²) in [4.78, 5) is 0. The molecular weight excluding hydrogens is 190 g/mol. The second-order valence-corrected chi connectivity index (χ2v) is 4.82. The summed E-state index contributed by atoms with van der Waals surface area (Å²) in [7, 11) is 2.01. The molecule has 3 nitrogen and oxygen atoms in total. The van der Waals surface area contributed by atoms with Crippen LogP contribution in [0, 0.1) is 0 Å². The molecule has 1 aliphatic carbocycles. The number of hydrogen-bond acceptors (Lipinski definition) is 3. The van der Waals surface area contributed by atoms with Crippen LogP contribution in [0.3, 0.4) is 0 Å². The summed E-state index contributed by atoms with van der Waals surface area (Å²) in [5, 5.41) is 3.22. The minimum Gasteiger partial charge on any atom is -0.381 e. The van der Waals surface area contributed by atoms with E-state index in [1.165, 1.54) is 25.7 Å². The van der Waals surface area contributed by atoms with Crippen molar-refractivity contribution in [2.75, 3.05) is 26.8 Å². The molecule has 0 atom stereocenters. The normalized spacial score (nSPS) is 26.2. The van der Waals surface area contributed by atoms with Gasteiger partial charge in [-0.1, -0.05) is 0 Å². The molecule has 88 valence electrons. The van der Waals surface area contributed by atoms with Gasteiger partial charge in [-0.3, -0.25) is 0 Å². The van der Waals surface area contributed by atoms with Gasteiger partial charge in [-0.25, -0.2) is 0 Å². The van der Waals surface area contributed by atoms with Gasteiger partial charge in [-0.05, 0) is 52.1 Å². The lowest BCUT2D eigenvalue weighted by Crippen LogP contribution is -2.46. The van der Waals surface area contributed by atoms with E-state index in [-0.39, 0.29) is 5.60 Å². The van der Waals surface area contributed by atoms with E-state index in [0.717, 1.165) is 32.6 Å². The first-order valence-electron chi connectivity index (χ1n) is 6.25. The fourth-order valence-corrected chi connectivity index (χ4v) is 2.50. The SMILES string of the molecule is CNCCC1(OC2CCOCC2)CCC1. The topological polar surface area (TPSA) is 30.5 Å². The van der Waals surface area contributed by atoms with Gasteiger partial charge in [0.1, 0.15) is 0 Å². The minimum atomic E-state index is 0.213. The lowest BCUT2D eigenvalue weighted by Gasteiger charge is -2.45. The average molecular weight is 213 g/mol. The molecule has 0 aromatic carbocycles. The summed E-state index contributed by atoms with van der Waals surface area (Å²) in [5.41, 5.74) is 0.213. The van der Waals surface area contributed by atoms with E-state index >= 15 is 0 Å². The van der Waals surface area contributed by atoms with Crippen molar-refractivity contribution in [1.82, 2.24) is 5.32 Å². The maximum atomic E-state index is 6.30. The van der Waals surface area contributed by atoms with Crippen LogP contribution in [-0.4, -0.2) is 38.5 Å². The third kappa shape index (κ3) is 2.92. The third-order valence-corrected chi connectivity index (χ3v) is 3.68. The quantitative estimate of drug-likeness (QED) is 0.754. The molecule has 0 unspecified atom stereocenters. The fraction of sp³-hybridized carbons (Fsp3) is 1.00. The molecule has 0 radical (unpaired) electrons. The first kappa shape index (κ1) is 11.4. The highest BCUT2D eigenvalue weighted by Gasteiger charge is 2.39. The second kappa shape index (κ2) is 5.28. The summed E-state index contributed by atoms with van der Waals surface area (Å²) in [5.74, 6) is 0. The zero-order valence-corrected chi connectivity index (χ0v) is 9.76. The largest absolute Gasteiger partial charge is 0.381 e. The molecule has 3 heteroatoms. The Bertz CT molecular complexity index is 186. The van der Waals surface area contributed by atoms with Crippen molar-refractivity contribution < 1.29 is 9.47 Å². The highest BCUT2D eigenvalue weighted by Crippen LogP contribution is 2.40. The summed E-state index contributed by atoms with van der Waals surface area (Å²) in [6.07, 6.45) is 7.64. The molecular formula is C12H23NO2. The Hall–Kier alpha value is -0.120. The van der Waals surface area contributed by atoms with Crippen LogP contribution in [-0.2, 0) is 9.47 Å². The van der Waals surface area contributed by atoms with Crippen LogP contribution in [0.15, 0.2) is 0 Å². The van der Waals surface area contributed by atoms with Gasteiger partial charge in [0, 0.05) is 13.2 Å². The van der Waals surface area contributed by atoms with E-state index < -0.39 is 0 Å². The molecule has 1 aliphatic heterocycles. The molecule has 0 aromatic heterocycles. The molecule has 0 spiro atoms. The van der Waals surface area contributed by atoms with E-state index in [0.29, 0.717) is 6.10 Å². The number of rotatable bonds is 5. The summed E-state index contributed by atoms with van der Waals surface area (Å²) in [6, 6.07) is 0. The smallest absolute Gasteiger partial charge is 0.0698 e. The monoisotopic (exact) mass is 213 g/mol. The Morgan fingerprint density at radius 1 is 1.33 bits per heavy atom. The minimum absolute atomic E-state index is 0.213. The molecule has 1 heterocycles. The van der Waals surface area contributed by atoms with Gasteiger partial charge in [-0.15, -0.1) is 0 Å². The van der Waals surface area contributed by atoms with Crippen molar-refractivity contribution in [3.8, 4) is 0 Å². The molecule has 2 aliphatic rings. The van der Waals surface area contributed by atoms with Gasteiger partial charge < -0.3 is 14.8 Å². The van der Waals surface area contributed by atoms with Crippen LogP contribution in [0.4, 0.5) is 0 Å². The molecule has 15 heavy (non-hydrogen) atoms. The van der Waals surface area contributed by atoms with Crippen LogP contribution < -0.4 is 5.32 Å². The molecule has 2 rings (SSSR count). The van der Waals surface area contributed by atoms with Gasteiger partial charge in [0.25, 0.3) is 0 Å². The second-order valence-electron chi connectivity index (χ2n) is 4.82. The van der Waals surface area contributed by atoms with Gasteiger partial charge in [-0.2, -0.15) is 0 Å². The van der Waals surface area contributed by atoms with Gasteiger partial charge >= 0.3 is 0 Å². The van der Waals surface area contributed by atoms with E-state index in [2.05, 4.69) is 5.32 Å². The van der Waals surface area contributed by atoms with Crippen molar-refractivity contribution in [3.05, 3.63) is 0 Å². The number of nitrogens with one attached hydrogen (secondary N) is 1. The highest BCUT2D eigenvalue weighted by atomic mass is 16.5. The van der Waals surface area contributed by atoms with Crippen LogP contribution in [0.5, 0.6) is 0 Å². The van der Waals surface area contributed by atoms with Crippen molar-refractivity contribution in [2.45, 2.75) is 50.2 Å². The lowest BCUT2D eigenvalue weighted by atomic mass is 9.77. The zero-order chi connectivity index (χ0) is 10.6. The lowest BCUT2D eigenvalue weighted by molar-refractivity contribution is -0.164. The van der Waals surface area contributed by atoms with Crippen LogP contribution in [0.25, 0.3) is 0 Å². The van der Waals surface area contributed by atoms with Gasteiger partial charge in [0.2, 0.25) is 0 Å². The van der Waals surface area contributed by atoms with E-state index in [1.807, 2.05) is 7.05 Å². The van der Waals surface area contributed by atoms with Gasteiger partial charge in [0.15, 0.2) is 0 Å². The summed E-state index contributed by atoms with van der Waals surface area (Å²) >= 11 is 0. The predicted molar refractivity (Wildman–Crippen MR) is 60.1 cm³/mol. The Labute approximate surface area is 92.5 Å². The van der Waals surface area contributed by atoms with Crippen molar-refractivity contribution in [1.29, 1.82) is 0 Å². The summed E-state index contributed by atoms with van der Waals surface area (Å²) in [6.45, 7) is 2.84. The number of hydrogen-bond donors (Lipinski definition) is 1. The molecule has 0 aromatic rings. The van der Waals surface area contributed by atoms with Crippen molar-refractivity contribution >= 4 is 0 Å². The van der Waals surface area contributed by atoms with E-state index in [1.54, 1.807) is 0 Å². The first-order valence-corrected chi connectivity index (χ1v) is 6.25. The van der Waals surface area contributed by atoms with E-state index in [9.17, 15) is 0 Å². The van der Waals surface area contributed by atoms with Crippen LogP contribution in [0.1, 0.15) is 38.5 Å². The van der Waals surface area contributed by atoms with Crippen LogP contribution in [0.2, 0.25) is 0 Å². The molecule has 1 saturated heterocycles. The molecule has 0 bridgehead atoms. The van der Waals surface area contributed by atoms with Crippen molar-refractivity contribution in [2.24, 2.45) is 0 Å². The maximum absolute atomic E-state index is 6.30. The predicted octanol–water partition coefficient (Wildman–Crippen LogP) is 1.71. The highest BCUT2D eigenvalue weighted by molar-refractivity contribution is 4.91. The molecule has 2 fully saturated rings. The molecule has 1 N–H and O–H groups in total. The Balaban J connectivity index is 1.78. The van der Waals surface area contributed by atoms with Gasteiger partial charge in [0.05, 0.1) is 11.7 Å². The zero-order valence-electron chi connectivity index (χ0n) is 9.76. The molecule has 1 saturated carbocycles. The fourth-order valence-electron chi connectivity index (χ4n) is 2.50. The maximum Gasteiger partial charge on any atom is 0.0698 e. The Morgan fingerprint density at radius 3 is 2.60 bits per heavy atom. The molecule has 0 amide bonds. The van der Waals surface area contributed by atoms with E-state index in [4.69, 9.17) is 9.47 Å². The Kier molecular flexibility index (Phi) is 4.00. The third-order valence-electron chi connectivity index (χ3n) is 3.68. The van der Waals surface area contributed by atoms with Crippen LogP contribution >= 0.6 is 0 Å². The Morgan fingerprint density at radius 2 is 2.07 bits per heavy atom. The number of ether oxygens (including phenoxy) is 2. The standard InChI is InChI=1S/C12H23NO2/c1-13-8-7-12(5-2-6-12)15-11-3-9-14-10-4-11/h11,13H,2-10H2,1H3. The van der Waals surface area contributed by atoms with Crippen molar-refractivity contribution in [3.63, 3.8) is 0 Å². The summed E-state index contributed by atoms with van der Waals surface area (Å²) < 4.78 is 11.7. The average Bonchev–Trinajstić information content (AvgIpc) is 2.23. The first-order chi connectivity index (χ1) is 7.35.